The van der Waals surface area contributed by atoms with Crippen LogP contribution in [-0.4, -0.2) is 24.8 Å². The molecule has 0 fully saturated rings. The minimum absolute atomic E-state index is 1.06. The van der Waals surface area contributed by atoms with Crippen molar-refractivity contribution < 1.29 is 8.76 Å². The summed E-state index contributed by atoms with van der Waals surface area (Å²) in [6.45, 7) is 0. The minimum atomic E-state index is -2.01. The predicted molar refractivity (Wildman–Crippen MR) is 25.2 cm³/mol. The fourth-order valence-electron chi connectivity index (χ4n) is 0.0497. The van der Waals surface area contributed by atoms with Crippen LogP contribution in [0.4, 0.5) is 0 Å². The van der Waals surface area contributed by atoms with E-state index in [4.69, 9.17) is 0 Å². The molecule has 0 aliphatic carbocycles. The quantitative estimate of drug-likeness (QED) is 0.383. The Kier molecular flexibility index (Phi) is 3.77. The second kappa shape index (κ2) is 3.56. The van der Waals surface area contributed by atoms with Gasteiger partial charge in [0.05, 0.1) is 0 Å². The van der Waals surface area contributed by atoms with Gasteiger partial charge in [0.1, 0.15) is 0 Å². The van der Waals surface area contributed by atoms with Gasteiger partial charge in [-0.2, -0.15) is 0 Å². The van der Waals surface area contributed by atoms with Crippen molar-refractivity contribution in [2.75, 3.05) is 0 Å². The Balaban J connectivity index is 3.30. The molecule has 0 aromatic carbocycles. The molecule has 0 heterocycles. The van der Waals surface area contributed by atoms with E-state index in [1.54, 1.807) is 0 Å². The molecule has 0 saturated heterocycles. The first-order valence-electron chi connectivity index (χ1n) is 1.16. The van der Waals surface area contributed by atoms with Gasteiger partial charge in [0.15, 0.2) is 0 Å². The number of hydrogen-bond acceptors (Lipinski definition) is 2. The van der Waals surface area contributed by atoms with E-state index in [9.17, 15) is 8.76 Å². The fraction of sp³-hybridized carbons (Fsp3) is 0. The predicted octanol–water partition coefficient (Wildman–Crippen LogP) is -0.762. The molecule has 0 bridgehead atoms. The summed E-state index contributed by atoms with van der Waals surface area (Å²) in [5.41, 5.74) is 0. The monoisotopic (exact) mass is 171 g/mol. The Morgan fingerprint density at radius 2 is 2.33 bits per heavy atom. The van der Waals surface area contributed by atoms with Gasteiger partial charge in [-0.15, -0.1) is 0 Å². The average Bonchev–Trinajstić information content (AvgIpc) is 1.35. The topological polar surface area (TPSA) is 40.1 Å². The molecule has 0 N–H and O–H groups in total. The molecule has 0 saturated carbocycles. The molecule has 0 aromatic heterocycles. The Morgan fingerprint density at radius 3 is 2.33 bits per heavy atom. The second-order valence-corrected chi connectivity index (χ2v) is 1.96. The zero-order chi connectivity index (χ0) is 4.99. The summed E-state index contributed by atoms with van der Waals surface area (Å²) in [6.07, 6.45) is 0. The first kappa shape index (κ1) is 6.37. The van der Waals surface area contributed by atoms with Crippen molar-refractivity contribution in [2.45, 2.75) is 0 Å². The van der Waals surface area contributed by atoms with E-state index in [2.05, 4.69) is 0 Å². The van der Waals surface area contributed by atoms with E-state index in [1.165, 1.54) is 4.97 Å². The van der Waals surface area contributed by atoms with Crippen LogP contribution >= 0.6 is 0 Å². The molecule has 0 spiro atoms. The van der Waals surface area contributed by atoms with Crippen molar-refractivity contribution in [3.8, 4) is 0 Å². The molecule has 1 unspecified atom stereocenters. The van der Waals surface area contributed by atoms with Crippen LogP contribution in [0.5, 0.6) is 0 Å². The normalized spacial score (nSPS) is 15.7. The van der Waals surface area contributed by atoms with E-state index < -0.39 is 11.1 Å². The molecule has 0 radical (unpaired) electrons. The molecule has 0 aliphatic rings. The summed E-state index contributed by atoms with van der Waals surface area (Å²) in [4.78, 5) is 1.40. The van der Waals surface area contributed by atoms with Crippen LogP contribution in [0, 0.1) is 0 Å². The molecule has 6 heavy (non-hydrogen) atoms. The van der Waals surface area contributed by atoms with Crippen LogP contribution in [0.1, 0.15) is 0 Å². The van der Waals surface area contributed by atoms with E-state index in [0.717, 1.165) is 5.41 Å². The third-order valence-corrected chi connectivity index (χ3v) is 1.28. The zero-order valence-electron chi connectivity index (χ0n) is 2.83. The maximum atomic E-state index is 9.50. The van der Waals surface area contributed by atoms with Crippen LogP contribution in [0.15, 0.2) is 10.4 Å². The summed E-state index contributed by atoms with van der Waals surface area (Å²) in [7, 11) is 0. The molecule has 2 nitrogen and oxygen atoms in total. The first-order chi connectivity index (χ1) is 2.77. The molecule has 4 heteroatoms. The summed E-state index contributed by atoms with van der Waals surface area (Å²) in [6, 6.07) is 0. The summed E-state index contributed by atoms with van der Waals surface area (Å²) >= 11 is 0.0127. The zero-order valence-corrected chi connectivity index (χ0v) is 5.52. The molecule has 0 rings (SSSR count). The second-order valence-electron chi connectivity index (χ2n) is 0.546. The summed E-state index contributed by atoms with van der Waals surface area (Å²) in [5.74, 6) is 0. The maximum absolute atomic E-state index is 9.50. The van der Waals surface area contributed by atoms with E-state index in [1.807, 2.05) is 16.0 Å². The summed E-state index contributed by atoms with van der Waals surface area (Å²) < 4.78 is 19.0. The van der Waals surface area contributed by atoms with Crippen molar-refractivity contribution in [3.05, 3.63) is 10.4 Å². The van der Waals surface area contributed by atoms with Gasteiger partial charge in [-0.3, -0.25) is 0 Å². The standard InChI is InChI=1S/C2H4O2SSe/c3-5(4)1-2-6/h1-2,6H,(H,3,4)/p-1/b2-1+. The molecular formula is C2H3O2SSe-. The van der Waals surface area contributed by atoms with Gasteiger partial charge in [-0.05, 0) is 0 Å². The van der Waals surface area contributed by atoms with Crippen LogP contribution in [0.3, 0.4) is 0 Å². The average molecular weight is 170 g/mol. The van der Waals surface area contributed by atoms with Gasteiger partial charge in [0.25, 0.3) is 0 Å². The third-order valence-electron chi connectivity index (χ3n) is 0.172. The molecule has 0 amide bonds. The third kappa shape index (κ3) is 4.37. The molecule has 0 aliphatic heterocycles. The Morgan fingerprint density at radius 1 is 1.83 bits per heavy atom. The van der Waals surface area contributed by atoms with E-state index in [-0.39, 0.29) is 0 Å². The molecular weight excluding hydrogens is 167 g/mol. The number of hydrogen-bond donors (Lipinski definition) is 0. The van der Waals surface area contributed by atoms with Crippen molar-refractivity contribution >= 4 is 27.1 Å². The van der Waals surface area contributed by atoms with Crippen molar-refractivity contribution in [1.29, 1.82) is 0 Å². The van der Waals surface area contributed by atoms with Crippen molar-refractivity contribution in [3.63, 3.8) is 0 Å². The molecule has 36 valence electrons. The van der Waals surface area contributed by atoms with E-state index in [0.29, 0.717) is 0 Å². The van der Waals surface area contributed by atoms with Gasteiger partial charge in [-0.25, -0.2) is 0 Å². The SMILES string of the molecule is O=S([O-])/C=C/[SeH]. The molecule has 1 atom stereocenters. The van der Waals surface area contributed by atoms with Gasteiger partial charge < -0.3 is 0 Å². The summed E-state index contributed by atoms with van der Waals surface area (Å²) in [5, 5.41) is 1.06. The van der Waals surface area contributed by atoms with Crippen LogP contribution in [-0.2, 0) is 11.1 Å². The van der Waals surface area contributed by atoms with Gasteiger partial charge >= 0.3 is 46.2 Å². The Bertz CT molecular complexity index is 79.6. The number of rotatable bonds is 1. The Hall–Kier alpha value is 0.369. The molecule has 0 aromatic rings. The van der Waals surface area contributed by atoms with Gasteiger partial charge in [0.2, 0.25) is 0 Å². The van der Waals surface area contributed by atoms with Gasteiger partial charge in [-0.1, -0.05) is 0 Å². The van der Waals surface area contributed by atoms with E-state index >= 15 is 0 Å². The van der Waals surface area contributed by atoms with Crippen molar-refractivity contribution in [2.24, 2.45) is 0 Å². The fourth-order valence-corrected chi connectivity index (χ4v) is 0.775. The van der Waals surface area contributed by atoms with Crippen LogP contribution in [0.2, 0.25) is 0 Å². The van der Waals surface area contributed by atoms with Crippen LogP contribution in [0.25, 0.3) is 0 Å². The Labute approximate surface area is 46.7 Å². The van der Waals surface area contributed by atoms with Gasteiger partial charge in [0, 0.05) is 0 Å². The van der Waals surface area contributed by atoms with Crippen LogP contribution < -0.4 is 0 Å². The van der Waals surface area contributed by atoms with Crippen molar-refractivity contribution in [1.82, 2.24) is 0 Å². The first-order valence-corrected chi connectivity index (χ1v) is 3.38.